The van der Waals surface area contributed by atoms with Crippen LogP contribution in [0.15, 0.2) is 24.3 Å². The fraction of sp³-hybridized carbons (Fsp3) is 0.588. The van der Waals surface area contributed by atoms with E-state index in [0.29, 0.717) is 19.2 Å². The van der Waals surface area contributed by atoms with Crippen molar-refractivity contribution in [3.8, 4) is 5.75 Å². The van der Waals surface area contributed by atoms with Crippen molar-refractivity contribution in [2.24, 2.45) is 0 Å². The highest BCUT2D eigenvalue weighted by Crippen LogP contribution is 2.25. The largest absolute Gasteiger partial charge is 0.490 e. The molecule has 22 heavy (non-hydrogen) atoms. The van der Waals surface area contributed by atoms with Crippen molar-refractivity contribution in [3.63, 3.8) is 0 Å². The van der Waals surface area contributed by atoms with E-state index in [2.05, 4.69) is 5.32 Å². The number of amides is 2. The summed E-state index contributed by atoms with van der Waals surface area (Å²) in [5.74, 6) is 0.800. The molecule has 1 saturated carbocycles. The number of anilines is 1. The average Bonchev–Trinajstić information content (AvgIpc) is 3.00. The topological polar surface area (TPSA) is 61.8 Å². The standard InChI is InChI=1S/C17H26N2O3/c1-2-10-19(11-12-20)17(21)18-14-6-5-9-16(13-14)22-15-7-3-4-8-15/h5-6,9,13,15,20H,2-4,7-8,10-12H2,1H3,(H,18,21). The zero-order chi connectivity index (χ0) is 15.8. The first-order valence-electron chi connectivity index (χ1n) is 8.16. The van der Waals surface area contributed by atoms with Crippen LogP contribution >= 0.6 is 0 Å². The fourth-order valence-electron chi connectivity index (χ4n) is 2.75. The van der Waals surface area contributed by atoms with Crippen molar-refractivity contribution in [1.29, 1.82) is 0 Å². The van der Waals surface area contributed by atoms with Crippen LogP contribution in [-0.4, -0.2) is 41.8 Å². The van der Waals surface area contributed by atoms with Gasteiger partial charge in [0, 0.05) is 24.8 Å². The molecule has 2 N–H and O–H groups in total. The summed E-state index contributed by atoms with van der Waals surface area (Å²) in [6.45, 7) is 2.95. The number of carbonyl (C=O) groups is 1. The molecule has 0 atom stereocenters. The molecule has 1 aromatic carbocycles. The molecule has 1 fully saturated rings. The van der Waals surface area contributed by atoms with E-state index in [-0.39, 0.29) is 12.6 Å². The highest BCUT2D eigenvalue weighted by Gasteiger charge is 2.17. The Hall–Kier alpha value is -1.75. The van der Waals surface area contributed by atoms with Crippen molar-refractivity contribution in [2.45, 2.75) is 45.1 Å². The van der Waals surface area contributed by atoms with Gasteiger partial charge in [-0.05, 0) is 44.2 Å². The summed E-state index contributed by atoms with van der Waals surface area (Å²) in [7, 11) is 0. The third kappa shape index (κ3) is 4.91. The molecule has 0 bridgehead atoms. The van der Waals surface area contributed by atoms with Crippen molar-refractivity contribution in [2.75, 3.05) is 25.0 Å². The Morgan fingerprint density at radius 2 is 2.14 bits per heavy atom. The van der Waals surface area contributed by atoms with Crippen molar-refractivity contribution in [3.05, 3.63) is 24.3 Å². The normalized spacial score (nSPS) is 14.8. The van der Waals surface area contributed by atoms with Crippen LogP contribution in [0.25, 0.3) is 0 Å². The second kappa shape index (κ2) is 8.63. The molecule has 1 aromatic rings. The van der Waals surface area contributed by atoms with Gasteiger partial charge in [0.25, 0.3) is 0 Å². The monoisotopic (exact) mass is 306 g/mol. The van der Waals surface area contributed by atoms with Gasteiger partial charge in [0.05, 0.1) is 12.7 Å². The molecule has 0 aliphatic heterocycles. The Labute approximate surface area is 132 Å². The molecule has 0 saturated heterocycles. The minimum atomic E-state index is -0.186. The number of benzene rings is 1. The van der Waals surface area contributed by atoms with Gasteiger partial charge in [0.2, 0.25) is 0 Å². The van der Waals surface area contributed by atoms with Gasteiger partial charge < -0.3 is 20.1 Å². The van der Waals surface area contributed by atoms with Gasteiger partial charge in [-0.3, -0.25) is 0 Å². The van der Waals surface area contributed by atoms with Crippen LogP contribution in [0.5, 0.6) is 5.75 Å². The van der Waals surface area contributed by atoms with Gasteiger partial charge in [-0.2, -0.15) is 0 Å². The highest BCUT2D eigenvalue weighted by molar-refractivity contribution is 5.89. The number of rotatable bonds is 7. The third-order valence-electron chi connectivity index (χ3n) is 3.84. The molecule has 2 rings (SSSR count). The molecule has 0 radical (unpaired) electrons. The molecule has 0 heterocycles. The quantitative estimate of drug-likeness (QED) is 0.813. The lowest BCUT2D eigenvalue weighted by Crippen LogP contribution is -2.37. The number of aliphatic hydroxyl groups is 1. The molecule has 5 nitrogen and oxygen atoms in total. The van der Waals surface area contributed by atoms with Crippen molar-refractivity contribution in [1.82, 2.24) is 4.90 Å². The molecule has 0 aromatic heterocycles. The van der Waals surface area contributed by atoms with Crippen LogP contribution in [0.1, 0.15) is 39.0 Å². The number of ether oxygens (including phenoxy) is 1. The summed E-state index contributed by atoms with van der Waals surface area (Å²) in [6.07, 6.45) is 5.84. The molecule has 5 heteroatoms. The van der Waals surface area contributed by atoms with E-state index in [1.807, 2.05) is 31.2 Å². The van der Waals surface area contributed by atoms with Crippen LogP contribution in [0.3, 0.4) is 0 Å². The first-order chi connectivity index (χ1) is 10.7. The maximum Gasteiger partial charge on any atom is 0.321 e. The molecule has 0 spiro atoms. The molecule has 1 aliphatic rings. The smallest absolute Gasteiger partial charge is 0.321 e. The maximum atomic E-state index is 12.2. The summed E-state index contributed by atoms with van der Waals surface area (Å²) >= 11 is 0. The minimum Gasteiger partial charge on any atom is -0.490 e. The first kappa shape index (κ1) is 16.6. The number of hydrogen-bond donors (Lipinski definition) is 2. The summed E-state index contributed by atoms with van der Waals surface area (Å²) < 4.78 is 5.95. The Kier molecular flexibility index (Phi) is 6.52. The summed E-state index contributed by atoms with van der Waals surface area (Å²) in [4.78, 5) is 13.8. The zero-order valence-electron chi connectivity index (χ0n) is 13.3. The number of nitrogens with one attached hydrogen (secondary N) is 1. The molecular formula is C17H26N2O3. The predicted molar refractivity (Wildman–Crippen MR) is 87.3 cm³/mol. The molecule has 1 aliphatic carbocycles. The number of hydrogen-bond acceptors (Lipinski definition) is 3. The Morgan fingerprint density at radius 1 is 1.36 bits per heavy atom. The molecular weight excluding hydrogens is 280 g/mol. The van der Waals surface area contributed by atoms with E-state index in [4.69, 9.17) is 9.84 Å². The van der Waals surface area contributed by atoms with E-state index in [0.717, 1.165) is 30.7 Å². The van der Waals surface area contributed by atoms with E-state index < -0.39 is 0 Å². The fourth-order valence-corrected chi connectivity index (χ4v) is 2.75. The van der Waals surface area contributed by atoms with E-state index in [1.165, 1.54) is 12.8 Å². The Morgan fingerprint density at radius 3 is 2.82 bits per heavy atom. The summed E-state index contributed by atoms with van der Waals surface area (Å²) in [6, 6.07) is 7.33. The Bertz CT molecular complexity index is 467. The van der Waals surface area contributed by atoms with Crippen LogP contribution in [0.4, 0.5) is 10.5 Å². The second-order valence-electron chi connectivity index (χ2n) is 5.69. The lowest BCUT2D eigenvalue weighted by Gasteiger charge is -2.21. The maximum absolute atomic E-state index is 12.2. The molecule has 0 unspecified atom stereocenters. The van der Waals surface area contributed by atoms with Gasteiger partial charge >= 0.3 is 6.03 Å². The van der Waals surface area contributed by atoms with E-state index in [9.17, 15) is 4.79 Å². The van der Waals surface area contributed by atoms with Crippen LogP contribution in [-0.2, 0) is 0 Å². The zero-order valence-corrected chi connectivity index (χ0v) is 13.3. The van der Waals surface area contributed by atoms with Gasteiger partial charge in [-0.1, -0.05) is 13.0 Å². The van der Waals surface area contributed by atoms with Crippen molar-refractivity contribution >= 4 is 11.7 Å². The van der Waals surface area contributed by atoms with E-state index in [1.54, 1.807) is 4.90 Å². The van der Waals surface area contributed by atoms with Crippen LogP contribution in [0.2, 0.25) is 0 Å². The first-order valence-corrected chi connectivity index (χ1v) is 8.16. The van der Waals surface area contributed by atoms with Crippen LogP contribution in [0, 0.1) is 0 Å². The summed E-state index contributed by atoms with van der Waals surface area (Å²) in [5, 5.41) is 11.9. The number of aliphatic hydroxyl groups excluding tert-OH is 1. The van der Waals surface area contributed by atoms with Gasteiger partial charge in [-0.25, -0.2) is 4.79 Å². The van der Waals surface area contributed by atoms with E-state index >= 15 is 0 Å². The SMILES string of the molecule is CCCN(CCO)C(=O)Nc1cccc(OC2CCCC2)c1. The minimum absolute atomic E-state index is 0.0295. The highest BCUT2D eigenvalue weighted by atomic mass is 16.5. The lowest BCUT2D eigenvalue weighted by atomic mass is 10.2. The van der Waals surface area contributed by atoms with Gasteiger partial charge in [-0.15, -0.1) is 0 Å². The summed E-state index contributed by atoms with van der Waals surface area (Å²) in [5.41, 5.74) is 0.722. The van der Waals surface area contributed by atoms with Crippen LogP contribution < -0.4 is 10.1 Å². The second-order valence-corrected chi connectivity index (χ2v) is 5.69. The van der Waals surface area contributed by atoms with Gasteiger partial charge in [0.15, 0.2) is 0 Å². The average molecular weight is 306 g/mol. The van der Waals surface area contributed by atoms with Gasteiger partial charge in [0.1, 0.15) is 5.75 Å². The number of urea groups is 1. The Balaban J connectivity index is 1.94. The third-order valence-corrected chi connectivity index (χ3v) is 3.84. The van der Waals surface area contributed by atoms with Crippen molar-refractivity contribution < 1.29 is 14.6 Å². The lowest BCUT2D eigenvalue weighted by molar-refractivity contribution is 0.188. The predicted octanol–water partition coefficient (Wildman–Crippen LogP) is 3.24. The molecule has 122 valence electrons. The molecule has 2 amide bonds. The number of nitrogens with zero attached hydrogens (tertiary/aromatic N) is 1. The number of carbonyl (C=O) groups excluding carboxylic acids is 1.